The Morgan fingerprint density at radius 3 is 2.25 bits per heavy atom. The smallest absolute Gasteiger partial charge is 0.425 e. The Labute approximate surface area is 212 Å². The Balaban J connectivity index is 2.45. The summed E-state index contributed by atoms with van der Waals surface area (Å²) in [7, 11) is 1.55. The largest absolute Gasteiger partial charge is 0.497 e. The van der Waals surface area contributed by atoms with Crippen molar-refractivity contribution in [3.8, 4) is 5.75 Å². The minimum atomic E-state index is -1.24. The summed E-state index contributed by atoms with van der Waals surface area (Å²) in [5, 5.41) is 11.0. The number of carboxylic acids is 1. The van der Waals surface area contributed by atoms with Gasteiger partial charge in [-0.05, 0) is 63.4 Å². The number of hydrogen-bond donors (Lipinski definition) is 2. The van der Waals surface area contributed by atoms with Gasteiger partial charge >= 0.3 is 18.0 Å². The Kier molecular flexibility index (Phi) is 10.3. The predicted octanol–water partition coefficient (Wildman–Crippen LogP) is 3.92. The van der Waals surface area contributed by atoms with Gasteiger partial charge in [-0.3, -0.25) is 4.79 Å². The summed E-state index contributed by atoms with van der Waals surface area (Å²) < 4.78 is 16.0. The zero-order valence-corrected chi connectivity index (χ0v) is 21.7. The zero-order chi connectivity index (χ0) is 26.9. The maximum atomic E-state index is 13.3. The first-order valence-corrected chi connectivity index (χ1v) is 11.8. The molecule has 0 unspecified atom stereocenters. The fourth-order valence-electron chi connectivity index (χ4n) is 3.54. The molecule has 2 rings (SSSR count). The van der Waals surface area contributed by atoms with Crippen LogP contribution in [0.4, 0.5) is 4.79 Å². The number of ether oxygens (including phenoxy) is 3. The zero-order valence-electron chi connectivity index (χ0n) is 21.7. The first-order valence-electron chi connectivity index (χ1n) is 11.8. The summed E-state index contributed by atoms with van der Waals surface area (Å²) in [6, 6.07) is 12.0. The highest BCUT2D eigenvalue weighted by Crippen LogP contribution is 2.20. The van der Waals surface area contributed by atoms with Gasteiger partial charge in [-0.1, -0.05) is 36.4 Å². The topological polar surface area (TPSA) is 114 Å². The van der Waals surface area contributed by atoms with E-state index < -0.39 is 35.7 Å². The van der Waals surface area contributed by atoms with Crippen LogP contribution in [0.25, 0.3) is 0 Å². The Morgan fingerprint density at radius 1 is 1.06 bits per heavy atom. The monoisotopic (exact) mass is 500 g/mol. The summed E-state index contributed by atoms with van der Waals surface area (Å²) in [5.74, 6) is -1.22. The molecule has 196 valence electrons. The number of esters is 1. The standard InChI is InChI=1S/C27H36N2O7/c1-7-35-25(32)23(16-19-11-9-8-10-12-19)29(26(33)36-27(3,4)5)28-22(24(30)31)17-20-13-14-21(34-6)15-18(20)2/h8-15,22-23,28H,7,16-17H2,1-6H3,(H,30,31)/t22-,23-/m0/s1. The van der Waals surface area contributed by atoms with Crippen molar-refractivity contribution >= 4 is 18.0 Å². The van der Waals surface area contributed by atoms with E-state index in [0.29, 0.717) is 5.75 Å². The number of rotatable bonds is 11. The SMILES string of the molecule is CCOC(=O)[C@H](Cc1ccccc1)N(N[C@@H](Cc1ccc(OC)cc1C)C(=O)O)C(=O)OC(C)(C)C. The molecule has 0 saturated heterocycles. The van der Waals surface area contributed by atoms with Crippen LogP contribution in [0.2, 0.25) is 0 Å². The third-order valence-electron chi connectivity index (χ3n) is 5.30. The Hall–Kier alpha value is -3.59. The van der Waals surface area contributed by atoms with Gasteiger partial charge in [-0.2, -0.15) is 0 Å². The van der Waals surface area contributed by atoms with Crippen LogP contribution in [0.3, 0.4) is 0 Å². The van der Waals surface area contributed by atoms with Crippen molar-refractivity contribution in [3.63, 3.8) is 0 Å². The maximum absolute atomic E-state index is 13.3. The fourth-order valence-corrected chi connectivity index (χ4v) is 3.54. The second kappa shape index (κ2) is 12.9. The van der Waals surface area contributed by atoms with Crippen LogP contribution in [0.5, 0.6) is 5.75 Å². The molecule has 0 aliphatic rings. The lowest BCUT2D eigenvalue weighted by Crippen LogP contribution is -2.60. The second-order valence-corrected chi connectivity index (χ2v) is 9.32. The summed E-state index contributed by atoms with van der Waals surface area (Å²) in [4.78, 5) is 38.6. The van der Waals surface area contributed by atoms with E-state index in [9.17, 15) is 19.5 Å². The Morgan fingerprint density at radius 2 is 1.72 bits per heavy atom. The van der Waals surface area contributed by atoms with Gasteiger partial charge in [-0.25, -0.2) is 20.0 Å². The Bertz CT molecular complexity index is 1030. The van der Waals surface area contributed by atoms with E-state index in [1.165, 1.54) is 0 Å². The number of nitrogens with one attached hydrogen (secondary N) is 1. The molecule has 2 aromatic rings. The van der Waals surface area contributed by atoms with Crippen molar-refractivity contribution in [1.29, 1.82) is 0 Å². The highest BCUT2D eigenvalue weighted by Gasteiger charge is 2.37. The number of carboxylic acid groups (broad SMARTS) is 1. The van der Waals surface area contributed by atoms with Gasteiger partial charge in [0.05, 0.1) is 13.7 Å². The minimum absolute atomic E-state index is 0.0470. The van der Waals surface area contributed by atoms with Gasteiger partial charge in [-0.15, -0.1) is 0 Å². The van der Waals surface area contributed by atoms with E-state index in [1.54, 1.807) is 53.0 Å². The third kappa shape index (κ3) is 8.57. The average molecular weight is 501 g/mol. The predicted molar refractivity (Wildman–Crippen MR) is 135 cm³/mol. The molecule has 0 radical (unpaired) electrons. The normalized spacial score (nSPS) is 12.8. The van der Waals surface area contributed by atoms with E-state index in [0.717, 1.165) is 21.7 Å². The van der Waals surface area contributed by atoms with Gasteiger partial charge < -0.3 is 19.3 Å². The molecule has 9 heteroatoms. The summed E-state index contributed by atoms with van der Waals surface area (Å²) in [6.45, 7) is 8.67. The third-order valence-corrected chi connectivity index (χ3v) is 5.30. The first-order chi connectivity index (χ1) is 16.9. The molecule has 2 atom stereocenters. The van der Waals surface area contributed by atoms with E-state index >= 15 is 0 Å². The number of hydrazine groups is 1. The molecule has 0 spiro atoms. The van der Waals surface area contributed by atoms with E-state index in [1.807, 2.05) is 37.3 Å². The quantitative estimate of drug-likeness (QED) is 0.353. The molecule has 0 aromatic heterocycles. The summed E-state index contributed by atoms with van der Waals surface area (Å²) in [5.41, 5.74) is 4.23. The number of carbonyl (C=O) groups is 3. The number of methoxy groups -OCH3 is 1. The van der Waals surface area contributed by atoms with Crippen molar-refractivity contribution < 1.29 is 33.7 Å². The number of nitrogens with zero attached hydrogens (tertiary/aromatic N) is 1. The van der Waals surface area contributed by atoms with Crippen LogP contribution in [-0.2, 0) is 31.9 Å². The van der Waals surface area contributed by atoms with Gasteiger partial charge in [0.15, 0.2) is 6.04 Å². The van der Waals surface area contributed by atoms with Crippen molar-refractivity contribution in [2.24, 2.45) is 0 Å². The summed E-state index contributed by atoms with van der Waals surface area (Å²) in [6.07, 6.45) is -0.736. The summed E-state index contributed by atoms with van der Waals surface area (Å²) >= 11 is 0. The van der Waals surface area contributed by atoms with Gasteiger partial charge in [0.2, 0.25) is 0 Å². The number of aryl methyl sites for hydroxylation is 1. The highest BCUT2D eigenvalue weighted by molar-refractivity contribution is 5.82. The molecule has 0 bridgehead atoms. The van der Waals surface area contributed by atoms with Crippen LogP contribution in [0.1, 0.15) is 44.4 Å². The molecule has 0 aliphatic heterocycles. The van der Waals surface area contributed by atoms with Crippen LogP contribution in [-0.4, -0.2) is 59.5 Å². The molecule has 0 heterocycles. The molecule has 2 aromatic carbocycles. The second-order valence-electron chi connectivity index (χ2n) is 9.32. The molecule has 36 heavy (non-hydrogen) atoms. The van der Waals surface area contributed by atoms with Crippen LogP contribution < -0.4 is 10.2 Å². The molecule has 9 nitrogen and oxygen atoms in total. The van der Waals surface area contributed by atoms with E-state index in [-0.39, 0.29) is 19.4 Å². The highest BCUT2D eigenvalue weighted by atomic mass is 16.6. The number of amides is 1. The van der Waals surface area contributed by atoms with Crippen LogP contribution in [0.15, 0.2) is 48.5 Å². The van der Waals surface area contributed by atoms with Gasteiger partial charge in [0.1, 0.15) is 17.4 Å². The first kappa shape index (κ1) is 28.6. The molecular formula is C27H36N2O7. The van der Waals surface area contributed by atoms with Crippen molar-refractivity contribution in [1.82, 2.24) is 10.4 Å². The van der Waals surface area contributed by atoms with Crippen molar-refractivity contribution in [2.75, 3.05) is 13.7 Å². The van der Waals surface area contributed by atoms with Crippen molar-refractivity contribution in [3.05, 3.63) is 65.2 Å². The number of benzene rings is 2. The molecule has 0 aliphatic carbocycles. The lowest BCUT2D eigenvalue weighted by atomic mass is 10.0. The lowest BCUT2D eigenvalue weighted by molar-refractivity contribution is -0.153. The van der Waals surface area contributed by atoms with Gasteiger partial charge in [0, 0.05) is 12.8 Å². The molecule has 0 saturated carbocycles. The van der Waals surface area contributed by atoms with E-state index in [2.05, 4.69) is 5.43 Å². The van der Waals surface area contributed by atoms with Crippen LogP contribution >= 0.6 is 0 Å². The minimum Gasteiger partial charge on any atom is -0.497 e. The number of carbonyl (C=O) groups excluding carboxylic acids is 2. The van der Waals surface area contributed by atoms with Crippen molar-refractivity contribution in [2.45, 2.75) is 65.1 Å². The molecular weight excluding hydrogens is 464 g/mol. The molecule has 2 N–H and O–H groups in total. The molecule has 1 amide bonds. The number of hydrogen-bond acceptors (Lipinski definition) is 7. The lowest BCUT2D eigenvalue weighted by Gasteiger charge is -2.34. The molecule has 0 fully saturated rings. The van der Waals surface area contributed by atoms with Gasteiger partial charge in [0.25, 0.3) is 0 Å². The average Bonchev–Trinajstić information content (AvgIpc) is 2.80. The fraction of sp³-hybridized carbons (Fsp3) is 0.444. The number of aliphatic carboxylic acids is 1. The maximum Gasteiger partial charge on any atom is 0.425 e. The van der Waals surface area contributed by atoms with Crippen LogP contribution in [0, 0.1) is 6.92 Å². The van der Waals surface area contributed by atoms with E-state index in [4.69, 9.17) is 14.2 Å².